The molecule has 3 aromatic rings. The number of carbonyl (C=O) groups excluding carboxylic acids is 1. The van der Waals surface area contributed by atoms with Crippen LogP contribution in [-0.4, -0.2) is 22.6 Å². The van der Waals surface area contributed by atoms with Gasteiger partial charge in [-0.25, -0.2) is 0 Å². The van der Waals surface area contributed by atoms with Gasteiger partial charge >= 0.3 is 0 Å². The van der Waals surface area contributed by atoms with Crippen molar-refractivity contribution in [3.8, 4) is 0 Å². The summed E-state index contributed by atoms with van der Waals surface area (Å²) in [6.45, 7) is 4.54. The molecule has 2 aromatic carbocycles. The molecule has 2 atom stereocenters. The Morgan fingerprint density at radius 2 is 1.75 bits per heavy atom. The van der Waals surface area contributed by atoms with E-state index in [1.807, 2.05) is 0 Å². The number of benzene rings is 2. The van der Waals surface area contributed by atoms with Crippen LogP contribution in [0.3, 0.4) is 0 Å². The fourth-order valence-corrected chi connectivity index (χ4v) is 6.72. The summed E-state index contributed by atoms with van der Waals surface area (Å²) >= 11 is 0. The molecule has 2 fully saturated rings. The van der Waals surface area contributed by atoms with Gasteiger partial charge in [-0.3, -0.25) is 4.79 Å². The molecule has 2 saturated carbocycles. The first-order chi connectivity index (χ1) is 17.5. The first-order valence-corrected chi connectivity index (χ1v) is 14.2. The third-order valence-electron chi connectivity index (χ3n) is 8.89. The van der Waals surface area contributed by atoms with Crippen LogP contribution in [0.15, 0.2) is 54.7 Å². The van der Waals surface area contributed by atoms with Gasteiger partial charge in [-0.05, 0) is 75.5 Å². The van der Waals surface area contributed by atoms with Crippen LogP contribution in [0.5, 0.6) is 0 Å². The maximum absolute atomic E-state index is 13.4. The molecule has 5 rings (SSSR count). The topological polar surface area (TPSA) is 60.1 Å². The standard InChI is InChI=1S/C32H43N3O/c1-22-9-8-12-25(19-22)29(20-32(36)34-27-17-15-26(33)16-18-27)30-21-35(31-14-7-6-13-28(30)31)23(2)24-10-4-3-5-11-24/h6-9,12-14,19,21,23-24,26-27,29H,3-5,10-11,15-18,20,33H2,1-2H3,(H,34,36). The quantitative estimate of drug-likeness (QED) is 0.378. The molecule has 1 amide bonds. The molecule has 2 unspecified atom stereocenters. The highest BCUT2D eigenvalue weighted by Crippen LogP contribution is 2.40. The Labute approximate surface area is 216 Å². The third-order valence-corrected chi connectivity index (χ3v) is 8.89. The Kier molecular flexibility index (Phi) is 7.81. The van der Waals surface area contributed by atoms with Gasteiger partial charge in [0.15, 0.2) is 0 Å². The summed E-state index contributed by atoms with van der Waals surface area (Å²) in [6, 6.07) is 18.5. The summed E-state index contributed by atoms with van der Waals surface area (Å²) in [6.07, 6.45) is 13.5. The Morgan fingerprint density at radius 1 is 1.00 bits per heavy atom. The molecule has 36 heavy (non-hydrogen) atoms. The zero-order valence-electron chi connectivity index (χ0n) is 22.1. The Balaban J connectivity index is 1.48. The maximum atomic E-state index is 13.4. The van der Waals surface area contributed by atoms with Crippen molar-refractivity contribution in [2.24, 2.45) is 11.7 Å². The Morgan fingerprint density at radius 3 is 2.50 bits per heavy atom. The molecular weight excluding hydrogens is 442 g/mol. The highest BCUT2D eigenvalue weighted by molar-refractivity contribution is 5.87. The van der Waals surface area contributed by atoms with Crippen LogP contribution < -0.4 is 11.1 Å². The average molecular weight is 486 g/mol. The number of nitrogens with two attached hydrogens (primary N) is 1. The van der Waals surface area contributed by atoms with Gasteiger partial charge in [0.25, 0.3) is 0 Å². The zero-order valence-corrected chi connectivity index (χ0v) is 22.1. The lowest BCUT2D eigenvalue weighted by Gasteiger charge is -2.29. The minimum Gasteiger partial charge on any atom is -0.353 e. The van der Waals surface area contributed by atoms with Gasteiger partial charge in [0.1, 0.15) is 0 Å². The molecule has 0 radical (unpaired) electrons. The summed E-state index contributed by atoms with van der Waals surface area (Å²) in [4.78, 5) is 13.4. The van der Waals surface area contributed by atoms with Crippen LogP contribution in [0.25, 0.3) is 10.9 Å². The molecule has 2 aliphatic rings. The number of hydrogen-bond donors (Lipinski definition) is 2. The van der Waals surface area contributed by atoms with Crippen molar-refractivity contribution in [1.29, 1.82) is 0 Å². The summed E-state index contributed by atoms with van der Waals surface area (Å²) in [7, 11) is 0. The monoisotopic (exact) mass is 485 g/mol. The Bertz CT molecular complexity index is 1170. The molecule has 0 spiro atoms. The number of nitrogens with one attached hydrogen (secondary N) is 1. The first-order valence-electron chi connectivity index (χ1n) is 14.2. The molecule has 0 aliphatic heterocycles. The SMILES string of the molecule is Cc1cccc(C(CC(=O)NC2CCC(N)CC2)c2cn(C(C)C3CCCCC3)c3ccccc23)c1. The lowest BCUT2D eigenvalue weighted by molar-refractivity contribution is -0.122. The first kappa shape index (κ1) is 25.1. The molecule has 4 nitrogen and oxygen atoms in total. The van der Waals surface area contributed by atoms with Gasteiger partial charge in [-0.15, -0.1) is 0 Å². The number of nitrogens with zero attached hydrogens (tertiary/aromatic N) is 1. The van der Waals surface area contributed by atoms with E-state index in [4.69, 9.17) is 5.73 Å². The normalized spacial score (nSPS) is 22.9. The van der Waals surface area contributed by atoms with Gasteiger partial charge < -0.3 is 15.6 Å². The van der Waals surface area contributed by atoms with Crippen LogP contribution in [-0.2, 0) is 4.79 Å². The number of hydrogen-bond acceptors (Lipinski definition) is 2. The van der Waals surface area contributed by atoms with E-state index in [1.165, 1.54) is 59.7 Å². The molecule has 192 valence electrons. The van der Waals surface area contributed by atoms with Crippen molar-refractivity contribution in [1.82, 2.24) is 9.88 Å². The van der Waals surface area contributed by atoms with E-state index in [0.29, 0.717) is 12.5 Å². The largest absolute Gasteiger partial charge is 0.353 e. The van der Waals surface area contributed by atoms with Crippen LogP contribution in [0.4, 0.5) is 0 Å². The summed E-state index contributed by atoms with van der Waals surface area (Å²) < 4.78 is 2.52. The summed E-state index contributed by atoms with van der Waals surface area (Å²) in [5, 5.41) is 4.63. The summed E-state index contributed by atoms with van der Waals surface area (Å²) in [5.41, 5.74) is 11.1. The van der Waals surface area contributed by atoms with E-state index in [2.05, 4.69) is 78.5 Å². The molecular formula is C32H43N3O. The van der Waals surface area contributed by atoms with Gasteiger partial charge in [0.05, 0.1) is 0 Å². The molecule has 0 bridgehead atoms. The second kappa shape index (κ2) is 11.2. The molecule has 1 aromatic heterocycles. The molecule has 2 aliphatic carbocycles. The number of amides is 1. The van der Waals surface area contributed by atoms with Crippen molar-refractivity contribution in [2.45, 2.75) is 102 Å². The Hall–Kier alpha value is -2.59. The molecule has 3 N–H and O–H groups in total. The number of carbonyl (C=O) groups is 1. The van der Waals surface area contributed by atoms with Crippen LogP contribution in [0.1, 0.15) is 99.8 Å². The van der Waals surface area contributed by atoms with Gasteiger partial charge in [0.2, 0.25) is 5.91 Å². The third kappa shape index (κ3) is 5.54. The highest BCUT2D eigenvalue weighted by atomic mass is 16.1. The molecule has 4 heteroatoms. The van der Waals surface area contributed by atoms with Gasteiger partial charge in [-0.1, -0.05) is 67.3 Å². The van der Waals surface area contributed by atoms with Crippen LogP contribution in [0, 0.1) is 12.8 Å². The number of aromatic nitrogens is 1. The second-order valence-electron chi connectivity index (χ2n) is 11.5. The average Bonchev–Trinajstić information content (AvgIpc) is 3.28. The van der Waals surface area contributed by atoms with Crippen LogP contribution in [0.2, 0.25) is 0 Å². The lowest BCUT2D eigenvalue weighted by atomic mass is 9.84. The fourth-order valence-electron chi connectivity index (χ4n) is 6.72. The van der Waals surface area contributed by atoms with Crippen molar-refractivity contribution in [3.63, 3.8) is 0 Å². The molecule has 1 heterocycles. The van der Waals surface area contributed by atoms with Crippen molar-refractivity contribution in [2.75, 3.05) is 0 Å². The van der Waals surface area contributed by atoms with E-state index in [-0.39, 0.29) is 23.9 Å². The smallest absolute Gasteiger partial charge is 0.221 e. The lowest BCUT2D eigenvalue weighted by Crippen LogP contribution is -2.40. The number of rotatable bonds is 7. The van der Waals surface area contributed by atoms with E-state index >= 15 is 0 Å². The number of para-hydroxylation sites is 1. The van der Waals surface area contributed by atoms with Crippen molar-refractivity contribution < 1.29 is 4.79 Å². The van der Waals surface area contributed by atoms with Gasteiger partial charge in [-0.2, -0.15) is 0 Å². The highest BCUT2D eigenvalue weighted by Gasteiger charge is 2.28. The van der Waals surface area contributed by atoms with E-state index in [1.54, 1.807) is 0 Å². The molecule has 0 saturated heterocycles. The number of aryl methyl sites for hydroxylation is 1. The number of fused-ring (bicyclic) bond motifs is 1. The van der Waals surface area contributed by atoms with E-state index in [0.717, 1.165) is 31.6 Å². The minimum atomic E-state index is 0.0282. The predicted octanol–water partition coefficient (Wildman–Crippen LogP) is 7.00. The van der Waals surface area contributed by atoms with E-state index in [9.17, 15) is 4.79 Å². The second-order valence-corrected chi connectivity index (χ2v) is 11.5. The van der Waals surface area contributed by atoms with E-state index < -0.39 is 0 Å². The van der Waals surface area contributed by atoms with Gasteiger partial charge in [0, 0.05) is 47.6 Å². The predicted molar refractivity (Wildman–Crippen MR) is 149 cm³/mol. The maximum Gasteiger partial charge on any atom is 0.221 e. The fraction of sp³-hybridized carbons (Fsp3) is 0.531. The minimum absolute atomic E-state index is 0.0282. The van der Waals surface area contributed by atoms with Crippen molar-refractivity contribution >= 4 is 16.8 Å². The summed E-state index contributed by atoms with van der Waals surface area (Å²) in [5.74, 6) is 0.903. The van der Waals surface area contributed by atoms with Crippen molar-refractivity contribution in [3.05, 3.63) is 71.4 Å². The van der Waals surface area contributed by atoms with Crippen LogP contribution >= 0.6 is 0 Å². The zero-order chi connectivity index (χ0) is 25.1.